The van der Waals surface area contributed by atoms with Gasteiger partial charge >= 0.3 is 11.7 Å². The van der Waals surface area contributed by atoms with Gasteiger partial charge in [0.2, 0.25) is 5.82 Å². The molecule has 0 aliphatic carbocycles. The first kappa shape index (κ1) is 20.7. The Morgan fingerprint density at radius 2 is 1.77 bits per heavy atom. The maximum Gasteiger partial charge on any atom is 0.342 e. The maximum absolute atomic E-state index is 13.4. The lowest BCUT2D eigenvalue weighted by Gasteiger charge is -2.15. The van der Waals surface area contributed by atoms with Gasteiger partial charge in [-0.2, -0.15) is 4.39 Å². The van der Waals surface area contributed by atoms with Crippen LogP contribution in [-0.2, 0) is 9.53 Å². The van der Waals surface area contributed by atoms with Gasteiger partial charge in [-0.3, -0.25) is 14.9 Å². The van der Waals surface area contributed by atoms with Gasteiger partial charge in [-0.15, -0.1) is 0 Å². The van der Waals surface area contributed by atoms with Gasteiger partial charge in [-0.1, -0.05) is 24.3 Å². The van der Waals surface area contributed by atoms with Gasteiger partial charge in [-0.25, -0.2) is 4.79 Å². The average molecular weight is 412 g/mol. The first-order chi connectivity index (χ1) is 14.3. The van der Waals surface area contributed by atoms with Crippen LogP contribution in [0.25, 0.3) is 10.8 Å². The zero-order valence-corrected chi connectivity index (χ0v) is 16.0. The standard InChI is InChI=1S/C21H17FN2O6/c1-12(20(25)23-15-7-8-17(22)18(11-15)24(27)28)30-21(26)16-9-13-5-3-4-6-14(13)10-19(16)29-2/h3-12H,1-2H3,(H,23,25). The molecule has 0 spiro atoms. The van der Waals surface area contributed by atoms with Crippen LogP contribution >= 0.6 is 0 Å². The first-order valence-electron chi connectivity index (χ1n) is 8.82. The summed E-state index contributed by atoms with van der Waals surface area (Å²) >= 11 is 0. The molecule has 3 aromatic carbocycles. The lowest BCUT2D eigenvalue weighted by Crippen LogP contribution is -2.30. The number of methoxy groups -OCH3 is 1. The summed E-state index contributed by atoms with van der Waals surface area (Å²) in [6.45, 7) is 1.35. The number of ether oxygens (including phenoxy) is 2. The maximum atomic E-state index is 13.4. The van der Waals surface area contributed by atoms with E-state index in [4.69, 9.17) is 9.47 Å². The minimum Gasteiger partial charge on any atom is -0.496 e. The Balaban J connectivity index is 1.75. The van der Waals surface area contributed by atoms with Crippen molar-refractivity contribution in [2.45, 2.75) is 13.0 Å². The lowest BCUT2D eigenvalue weighted by atomic mass is 10.1. The fourth-order valence-corrected chi connectivity index (χ4v) is 2.80. The molecule has 8 nitrogen and oxygen atoms in total. The van der Waals surface area contributed by atoms with Crippen molar-refractivity contribution in [3.8, 4) is 5.75 Å². The van der Waals surface area contributed by atoms with Gasteiger partial charge in [0.05, 0.1) is 12.0 Å². The van der Waals surface area contributed by atoms with Gasteiger partial charge in [0, 0.05) is 11.8 Å². The molecule has 0 fully saturated rings. The predicted molar refractivity (Wildman–Crippen MR) is 107 cm³/mol. The molecule has 0 saturated heterocycles. The van der Waals surface area contributed by atoms with Crippen LogP contribution in [0.15, 0.2) is 54.6 Å². The summed E-state index contributed by atoms with van der Waals surface area (Å²) in [7, 11) is 1.42. The van der Waals surface area contributed by atoms with Gasteiger partial charge < -0.3 is 14.8 Å². The normalized spacial score (nSPS) is 11.6. The van der Waals surface area contributed by atoms with E-state index in [1.165, 1.54) is 20.1 Å². The van der Waals surface area contributed by atoms with Crippen LogP contribution in [0.2, 0.25) is 0 Å². The molecule has 3 aromatic rings. The second-order valence-electron chi connectivity index (χ2n) is 6.36. The van der Waals surface area contributed by atoms with Crippen LogP contribution in [-0.4, -0.2) is 30.0 Å². The highest BCUT2D eigenvalue weighted by molar-refractivity contribution is 6.01. The fraction of sp³-hybridized carbons (Fsp3) is 0.143. The molecule has 0 aromatic heterocycles. The molecular weight excluding hydrogens is 395 g/mol. The number of anilines is 1. The van der Waals surface area contributed by atoms with Crippen molar-refractivity contribution in [3.05, 3.63) is 76.1 Å². The third-order valence-corrected chi connectivity index (χ3v) is 4.35. The van der Waals surface area contributed by atoms with Crippen molar-refractivity contribution < 1.29 is 28.4 Å². The van der Waals surface area contributed by atoms with E-state index in [9.17, 15) is 24.1 Å². The molecule has 0 saturated carbocycles. The number of hydrogen-bond acceptors (Lipinski definition) is 6. The Kier molecular flexibility index (Phi) is 5.91. The molecule has 30 heavy (non-hydrogen) atoms. The van der Waals surface area contributed by atoms with E-state index >= 15 is 0 Å². The van der Waals surface area contributed by atoms with Crippen LogP contribution in [0.5, 0.6) is 5.75 Å². The minimum absolute atomic E-state index is 0.000662. The minimum atomic E-state index is -1.22. The van der Waals surface area contributed by atoms with Crippen molar-refractivity contribution in [1.82, 2.24) is 0 Å². The summed E-state index contributed by atoms with van der Waals surface area (Å²) in [6.07, 6.45) is -1.22. The van der Waals surface area contributed by atoms with Crippen LogP contribution in [0.1, 0.15) is 17.3 Å². The van der Waals surface area contributed by atoms with Crippen LogP contribution in [0, 0.1) is 15.9 Å². The Hall–Kier alpha value is -4.01. The second kappa shape index (κ2) is 8.56. The average Bonchev–Trinajstić information content (AvgIpc) is 2.73. The number of nitro groups is 1. The van der Waals surface area contributed by atoms with Gasteiger partial charge in [0.1, 0.15) is 11.3 Å². The largest absolute Gasteiger partial charge is 0.496 e. The van der Waals surface area contributed by atoms with Crippen LogP contribution in [0.4, 0.5) is 15.8 Å². The molecular formula is C21H17FN2O6. The van der Waals surface area contributed by atoms with E-state index in [-0.39, 0.29) is 11.3 Å². The predicted octanol–water partition coefficient (Wildman–Crippen LogP) is 4.08. The van der Waals surface area contributed by atoms with E-state index in [0.29, 0.717) is 5.75 Å². The number of esters is 1. The molecule has 0 heterocycles. The van der Waals surface area contributed by atoms with E-state index in [1.807, 2.05) is 24.3 Å². The molecule has 0 aliphatic heterocycles. The zero-order chi connectivity index (χ0) is 21.8. The molecule has 0 bridgehead atoms. The van der Waals surface area contributed by atoms with Crippen molar-refractivity contribution in [2.75, 3.05) is 12.4 Å². The van der Waals surface area contributed by atoms with E-state index in [1.54, 1.807) is 12.1 Å². The molecule has 0 radical (unpaired) electrons. The summed E-state index contributed by atoms with van der Waals surface area (Å²) in [6, 6.07) is 13.6. The van der Waals surface area contributed by atoms with Crippen molar-refractivity contribution in [3.63, 3.8) is 0 Å². The van der Waals surface area contributed by atoms with Crippen molar-refractivity contribution in [1.29, 1.82) is 0 Å². The molecule has 1 amide bonds. The number of carbonyl (C=O) groups excluding carboxylic acids is 2. The highest BCUT2D eigenvalue weighted by Gasteiger charge is 2.23. The third-order valence-electron chi connectivity index (χ3n) is 4.35. The van der Waals surface area contributed by atoms with E-state index in [0.717, 1.165) is 22.9 Å². The van der Waals surface area contributed by atoms with Gasteiger partial charge in [0.25, 0.3) is 5.91 Å². The summed E-state index contributed by atoms with van der Waals surface area (Å²) < 4.78 is 23.9. The van der Waals surface area contributed by atoms with E-state index in [2.05, 4.69) is 5.32 Å². The molecule has 1 atom stereocenters. The number of nitro benzene ring substituents is 1. The number of halogens is 1. The van der Waals surface area contributed by atoms with Gasteiger partial charge in [-0.05, 0) is 42.0 Å². The summed E-state index contributed by atoms with van der Waals surface area (Å²) in [4.78, 5) is 34.9. The Morgan fingerprint density at radius 3 is 2.40 bits per heavy atom. The van der Waals surface area contributed by atoms with Gasteiger partial charge in [0.15, 0.2) is 6.10 Å². The molecule has 0 aliphatic rings. The topological polar surface area (TPSA) is 108 Å². The van der Waals surface area contributed by atoms with Crippen molar-refractivity contribution >= 4 is 34.0 Å². The molecule has 1 unspecified atom stereocenters. The monoisotopic (exact) mass is 412 g/mol. The van der Waals surface area contributed by atoms with E-state index < -0.39 is 34.4 Å². The summed E-state index contributed by atoms with van der Waals surface area (Å²) in [5.74, 6) is -2.24. The molecule has 1 N–H and O–H groups in total. The quantitative estimate of drug-likeness (QED) is 0.371. The smallest absolute Gasteiger partial charge is 0.342 e. The van der Waals surface area contributed by atoms with Crippen molar-refractivity contribution in [2.24, 2.45) is 0 Å². The number of hydrogen-bond donors (Lipinski definition) is 1. The lowest BCUT2D eigenvalue weighted by molar-refractivity contribution is -0.387. The summed E-state index contributed by atoms with van der Waals surface area (Å²) in [5.41, 5.74) is -0.633. The Labute approximate surface area is 170 Å². The number of nitrogens with one attached hydrogen (secondary N) is 1. The molecule has 3 rings (SSSR count). The molecule has 9 heteroatoms. The Morgan fingerprint density at radius 1 is 1.10 bits per heavy atom. The van der Waals surface area contributed by atoms with Crippen LogP contribution < -0.4 is 10.1 Å². The third kappa shape index (κ3) is 4.35. The Bertz CT molecular complexity index is 1150. The van der Waals surface area contributed by atoms with Crippen LogP contribution in [0.3, 0.4) is 0 Å². The number of nitrogens with zero attached hydrogens (tertiary/aromatic N) is 1. The number of fused-ring (bicyclic) bond motifs is 1. The highest BCUT2D eigenvalue weighted by atomic mass is 19.1. The number of amides is 1. The SMILES string of the molecule is COc1cc2ccccc2cc1C(=O)OC(C)C(=O)Nc1ccc(F)c([N+](=O)[O-])c1. The molecule has 154 valence electrons. The zero-order valence-electron chi connectivity index (χ0n) is 16.0. The number of benzene rings is 3. The fourth-order valence-electron chi connectivity index (χ4n) is 2.80. The second-order valence-corrected chi connectivity index (χ2v) is 6.36. The highest BCUT2D eigenvalue weighted by Crippen LogP contribution is 2.27. The first-order valence-corrected chi connectivity index (χ1v) is 8.82. The number of rotatable bonds is 6. The number of carbonyl (C=O) groups is 2. The summed E-state index contributed by atoms with van der Waals surface area (Å²) in [5, 5.41) is 14.8.